The molecule has 1 fully saturated rings. The van der Waals surface area contributed by atoms with Crippen LogP contribution in [0.5, 0.6) is 5.75 Å². The molecule has 2 aromatic rings. The van der Waals surface area contributed by atoms with E-state index >= 15 is 0 Å². The van der Waals surface area contributed by atoms with E-state index in [1.165, 1.54) is 0 Å². The molecule has 0 aromatic heterocycles. The van der Waals surface area contributed by atoms with Gasteiger partial charge >= 0.3 is 5.92 Å². The van der Waals surface area contributed by atoms with Crippen LogP contribution in [0.2, 0.25) is 5.02 Å². The number of alkyl halides is 2. The Bertz CT molecular complexity index is 855. The van der Waals surface area contributed by atoms with Gasteiger partial charge in [0.05, 0.1) is 12.7 Å². The van der Waals surface area contributed by atoms with Crippen LogP contribution in [0, 0.1) is 0 Å². The highest BCUT2D eigenvalue weighted by molar-refractivity contribution is 6.31. The summed E-state index contributed by atoms with van der Waals surface area (Å²) in [5, 5.41) is 29.8. The van der Waals surface area contributed by atoms with Crippen LogP contribution < -0.4 is 4.74 Å². The number of aliphatic hydroxyl groups is 3. The number of ether oxygens (including phenoxy) is 2. The van der Waals surface area contributed by atoms with E-state index in [1.54, 1.807) is 18.2 Å². The summed E-state index contributed by atoms with van der Waals surface area (Å²) >= 11 is 6.31. The first kappa shape index (κ1) is 22.9. The third-order valence-electron chi connectivity index (χ3n) is 5.02. The molecule has 0 radical (unpaired) electrons. The molecule has 164 valence electrons. The zero-order valence-electron chi connectivity index (χ0n) is 16.6. The van der Waals surface area contributed by atoms with Gasteiger partial charge in [0.25, 0.3) is 0 Å². The normalized spacial score (nSPS) is 26.0. The van der Waals surface area contributed by atoms with Gasteiger partial charge in [0.1, 0.15) is 30.2 Å². The van der Waals surface area contributed by atoms with Crippen molar-refractivity contribution in [2.75, 3.05) is 6.61 Å². The standard InChI is InChI=1S/C22H25ClF2O5/c1-12(2)29-16-6-3-13(4-7-16)9-15-10-14(5-8-17(15)23)20-19(27)21(28)22(24,25)18(11-26)30-20/h3-8,10,12,18-21,26-28H,9,11H2,1-2H3/t18-,19+,20+,21-/m1/s1. The molecule has 0 spiro atoms. The van der Waals surface area contributed by atoms with Crippen LogP contribution in [-0.2, 0) is 11.2 Å². The van der Waals surface area contributed by atoms with Gasteiger partial charge in [-0.15, -0.1) is 0 Å². The summed E-state index contributed by atoms with van der Waals surface area (Å²) in [6.45, 7) is 2.89. The molecule has 3 N–H and O–H groups in total. The second kappa shape index (κ2) is 9.16. The summed E-state index contributed by atoms with van der Waals surface area (Å²) in [4.78, 5) is 0. The molecule has 0 unspecified atom stereocenters. The summed E-state index contributed by atoms with van der Waals surface area (Å²) in [7, 11) is 0. The fourth-order valence-electron chi connectivity index (χ4n) is 3.46. The van der Waals surface area contributed by atoms with Crippen LogP contribution in [0.4, 0.5) is 8.78 Å². The fourth-order valence-corrected chi connectivity index (χ4v) is 3.64. The molecule has 8 heteroatoms. The van der Waals surface area contributed by atoms with Crippen molar-refractivity contribution in [3.8, 4) is 5.75 Å². The van der Waals surface area contributed by atoms with Crippen LogP contribution in [0.1, 0.15) is 36.6 Å². The van der Waals surface area contributed by atoms with Gasteiger partial charge in [-0.05, 0) is 55.2 Å². The summed E-state index contributed by atoms with van der Waals surface area (Å²) in [6.07, 6.45) is -6.85. The molecular weight excluding hydrogens is 418 g/mol. The smallest absolute Gasteiger partial charge is 0.303 e. The van der Waals surface area contributed by atoms with Crippen molar-refractivity contribution in [2.24, 2.45) is 0 Å². The van der Waals surface area contributed by atoms with E-state index < -0.39 is 36.9 Å². The van der Waals surface area contributed by atoms with Crippen molar-refractivity contribution in [1.82, 2.24) is 0 Å². The minimum Gasteiger partial charge on any atom is -0.491 e. The summed E-state index contributed by atoms with van der Waals surface area (Å²) in [6, 6.07) is 12.3. The molecule has 0 bridgehead atoms. The van der Waals surface area contributed by atoms with E-state index in [4.69, 9.17) is 21.1 Å². The second-order valence-corrected chi connectivity index (χ2v) is 8.08. The maximum Gasteiger partial charge on any atom is 0.303 e. The first-order valence-electron chi connectivity index (χ1n) is 9.67. The zero-order chi connectivity index (χ0) is 22.1. The second-order valence-electron chi connectivity index (χ2n) is 7.68. The molecule has 1 aliphatic heterocycles. The molecular formula is C22H25ClF2O5. The van der Waals surface area contributed by atoms with Crippen molar-refractivity contribution in [3.05, 3.63) is 64.2 Å². The maximum absolute atomic E-state index is 14.0. The Morgan fingerprint density at radius 3 is 2.40 bits per heavy atom. The van der Waals surface area contributed by atoms with E-state index in [0.29, 0.717) is 22.6 Å². The average Bonchev–Trinajstić information content (AvgIpc) is 2.69. The van der Waals surface area contributed by atoms with Gasteiger partial charge in [0.2, 0.25) is 0 Å². The topological polar surface area (TPSA) is 79.2 Å². The van der Waals surface area contributed by atoms with Gasteiger partial charge in [-0.2, -0.15) is 0 Å². The molecule has 2 aromatic carbocycles. The minimum absolute atomic E-state index is 0.0642. The SMILES string of the molecule is CC(C)Oc1ccc(Cc2cc([C@@H]3O[C@H](CO)C(F)(F)[C@H](O)[C@H]3O)ccc2Cl)cc1. The van der Waals surface area contributed by atoms with Gasteiger partial charge in [-0.25, -0.2) is 8.78 Å². The number of aliphatic hydroxyl groups excluding tert-OH is 3. The molecule has 0 amide bonds. The molecule has 1 aliphatic rings. The highest BCUT2D eigenvalue weighted by Gasteiger charge is 2.57. The van der Waals surface area contributed by atoms with Crippen molar-refractivity contribution in [1.29, 1.82) is 0 Å². The average molecular weight is 443 g/mol. The van der Waals surface area contributed by atoms with Crippen LogP contribution in [0.15, 0.2) is 42.5 Å². The summed E-state index contributed by atoms with van der Waals surface area (Å²) in [5.74, 6) is -3.02. The lowest BCUT2D eigenvalue weighted by Gasteiger charge is -2.42. The number of rotatable bonds is 6. The Morgan fingerprint density at radius 2 is 1.80 bits per heavy atom. The fraction of sp³-hybridized carbons (Fsp3) is 0.455. The molecule has 0 aliphatic carbocycles. The quantitative estimate of drug-likeness (QED) is 0.638. The van der Waals surface area contributed by atoms with E-state index in [9.17, 15) is 24.1 Å². The molecule has 1 saturated heterocycles. The number of benzene rings is 2. The monoisotopic (exact) mass is 442 g/mol. The summed E-state index contributed by atoms with van der Waals surface area (Å²) in [5.41, 5.74) is 2.04. The lowest BCUT2D eigenvalue weighted by molar-refractivity contribution is -0.296. The predicted molar refractivity (Wildman–Crippen MR) is 108 cm³/mol. The molecule has 1 heterocycles. The van der Waals surface area contributed by atoms with E-state index in [0.717, 1.165) is 11.3 Å². The van der Waals surface area contributed by atoms with Gasteiger partial charge in [-0.3, -0.25) is 0 Å². The van der Waals surface area contributed by atoms with Gasteiger partial charge in [0, 0.05) is 5.02 Å². The Labute approximate surface area is 178 Å². The first-order chi connectivity index (χ1) is 14.1. The lowest BCUT2D eigenvalue weighted by Crippen LogP contribution is -2.59. The van der Waals surface area contributed by atoms with E-state index in [1.807, 2.05) is 38.1 Å². The van der Waals surface area contributed by atoms with Gasteiger partial charge < -0.3 is 24.8 Å². The van der Waals surface area contributed by atoms with E-state index in [2.05, 4.69) is 0 Å². The highest BCUT2D eigenvalue weighted by Crippen LogP contribution is 2.41. The number of hydrogen-bond donors (Lipinski definition) is 3. The van der Waals surface area contributed by atoms with Crippen LogP contribution >= 0.6 is 11.6 Å². The highest BCUT2D eigenvalue weighted by atomic mass is 35.5. The Hall–Kier alpha value is -1.77. The third-order valence-corrected chi connectivity index (χ3v) is 5.39. The maximum atomic E-state index is 14.0. The molecule has 0 saturated carbocycles. The van der Waals surface area contributed by atoms with Crippen LogP contribution in [0.3, 0.4) is 0 Å². The van der Waals surface area contributed by atoms with Crippen molar-refractivity contribution >= 4 is 11.6 Å². The lowest BCUT2D eigenvalue weighted by atomic mass is 9.89. The summed E-state index contributed by atoms with van der Waals surface area (Å²) < 4.78 is 38.9. The van der Waals surface area contributed by atoms with Crippen LogP contribution in [-0.4, -0.2) is 52.3 Å². The molecule has 5 nitrogen and oxygen atoms in total. The van der Waals surface area contributed by atoms with Crippen molar-refractivity contribution in [2.45, 2.75) is 56.7 Å². The van der Waals surface area contributed by atoms with Crippen molar-refractivity contribution in [3.63, 3.8) is 0 Å². The largest absolute Gasteiger partial charge is 0.491 e. The molecule has 30 heavy (non-hydrogen) atoms. The first-order valence-corrected chi connectivity index (χ1v) is 10.1. The van der Waals surface area contributed by atoms with Crippen molar-refractivity contribution < 1.29 is 33.6 Å². The van der Waals surface area contributed by atoms with Gasteiger partial charge in [-0.1, -0.05) is 35.9 Å². The Morgan fingerprint density at radius 1 is 1.13 bits per heavy atom. The number of hydrogen-bond acceptors (Lipinski definition) is 5. The Balaban J connectivity index is 1.83. The zero-order valence-corrected chi connectivity index (χ0v) is 17.4. The predicted octanol–water partition coefficient (Wildman–Crippen LogP) is 3.51. The third kappa shape index (κ3) is 4.76. The number of halogens is 3. The van der Waals surface area contributed by atoms with Crippen LogP contribution in [0.25, 0.3) is 0 Å². The minimum atomic E-state index is -3.76. The molecule has 3 rings (SSSR count). The molecule has 4 atom stereocenters. The van der Waals surface area contributed by atoms with E-state index in [-0.39, 0.29) is 6.10 Å². The Kier molecular flexibility index (Phi) is 6.99. The van der Waals surface area contributed by atoms with Gasteiger partial charge in [0.15, 0.2) is 0 Å².